The molecule has 9 aromatic rings. The van der Waals surface area contributed by atoms with Crippen molar-refractivity contribution in [2.75, 3.05) is 103 Å². The molecule has 4 N–H and O–H groups in total. The fraction of sp³-hybridized carbons (Fsp3) is 0.436. The molecule has 150 heavy (non-hydrogen) atoms. The van der Waals surface area contributed by atoms with Crippen LogP contribution in [0.2, 0.25) is 0 Å². The topological polar surface area (TPSA) is 276 Å². The van der Waals surface area contributed by atoms with Crippen molar-refractivity contribution >= 4 is 52.7 Å². The number of hydrogen-bond acceptors (Lipinski definition) is 19. The number of hydrogen-bond donors (Lipinski definition) is 4. The molecule has 0 unspecified atom stereocenters. The number of fused-ring (bicyclic) bond motifs is 3. The Morgan fingerprint density at radius 1 is 0.400 bits per heavy atom. The lowest BCUT2D eigenvalue weighted by Gasteiger charge is -2.38. The number of methoxy groups -OCH3 is 3. The van der Waals surface area contributed by atoms with Crippen molar-refractivity contribution in [2.45, 2.75) is 179 Å². The van der Waals surface area contributed by atoms with Crippen molar-refractivity contribution in [3.05, 3.63) is 257 Å². The van der Waals surface area contributed by atoms with Crippen molar-refractivity contribution in [2.24, 2.45) is 21.1 Å². The maximum atomic E-state index is 15.3. The average molecular weight is 2150 g/mol. The number of rotatable bonds is 23. The van der Waals surface area contributed by atoms with E-state index >= 15 is 17.6 Å². The van der Waals surface area contributed by atoms with Gasteiger partial charge in [-0.25, -0.2) is 40.7 Å². The number of amides is 3. The summed E-state index contributed by atoms with van der Waals surface area (Å²) in [6, 6.07) is 3.27. The van der Waals surface area contributed by atoms with Gasteiger partial charge in [-0.2, -0.15) is 79.0 Å². The van der Waals surface area contributed by atoms with E-state index in [1.807, 2.05) is 15.1 Å². The SMILES string of the molecule is C.CC[C@@H](Nc1cc(F)c(C(=O)N[C@@H](Cc2ccc(-c3c(C(F)(F)F)cc(C)n(C)c3=O)c3c2CN(C)CC3)C(=O)OC)c(F)c1)C(F)(F)F.COC(=O)[C@H](Cc1ccc(-c2c(C(F)(F)F)cc(C)n(C)c2=O)c2c1CCC2)NC(=O)c1c(F)cc(N2CCOC[C@@H]2C(F)(F)F)cc1F.COC(=O)[C@H](Cc1ccc(-c2c(C(F)(F)F)cc(C)n(C)c2=O)c2c1CN(C)CC2)NC(=O)c1c(F)cc(N2CCOC[C@@H]2C(F)(F)F)cc1F. The summed E-state index contributed by atoms with van der Waals surface area (Å²) in [7, 11) is 10.6. The number of likely N-dealkylation sites (N-methyl/N-ethyl adjacent to an activating group) is 2. The standard InChI is InChI=1S/C34H34F8N4O5.C33H34F8N4O4.C33H31F8N3O5.CH4/c1-17-11-23(33(37,38)39)28(31(48)45(17)3)21-6-5-18(22-15-44(2)8-7-20(21)22)12-26(32(49)50-4)43-30(47)29-24(35)13-19(14-25(29)36)46-9-10-51-16-27(46)34(40,41)42;1-6-26(33(39,40)41)42-18-13-23(34)28(24(35)14-18)29(46)43-25(31(48)49-5)12-17-7-8-20(19-9-10-44(3)15-21(17)19)27-22(32(36,37)38)11-16(2)45(4)30(27)47;1-16-11-22(32(36,37)38)27(30(46)43(16)2)21-8-7-17(19-5-4-6-20(19)21)12-25(31(47)48-3)42-29(45)28-23(34)13-18(14-24(28)35)44-9-10-49-15-26(44)33(39,40)41;/h5-6,11,13-14,26-27H,7-10,12,15-16H2,1-4H3,(H,43,47);7-8,11,13-14,25-26,42H,6,9-10,12,15H2,1-5H3,(H,43,46);7-8,11,13-14,25-26H,4-6,9-10,12,15H2,1-3H3,(H,42,45);1H4/t26-,27+;2*25-,26+;/m000./s1. The van der Waals surface area contributed by atoms with Crippen LogP contribution in [0.15, 0.2) is 105 Å². The van der Waals surface area contributed by atoms with Crippen LogP contribution in [0, 0.1) is 55.7 Å². The Morgan fingerprint density at radius 3 is 0.967 bits per heavy atom. The minimum Gasteiger partial charge on any atom is -0.467 e. The fourth-order valence-electron chi connectivity index (χ4n) is 18.8. The molecular weight excluding hydrogens is 2050 g/mol. The number of nitrogens with zero attached hydrogens (tertiary/aromatic N) is 7. The molecule has 25 nitrogen and oxygen atoms in total. The predicted molar refractivity (Wildman–Crippen MR) is 499 cm³/mol. The monoisotopic (exact) mass is 2150 g/mol. The van der Waals surface area contributed by atoms with E-state index in [0.29, 0.717) is 119 Å². The summed E-state index contributed by atoms with van der Waals surface area (Å²) in [6.07, 6.45) is -28.5. The van der Waals surface area contributed by atoms with Gasteiger partial charge in [0.2, 0.25) is 0 Å². The van der Waals surface area contributed by atoms with Gasteiger partial charge in [0.1, 0.15) is 87.8 Å². The predicted octanol–water partition coefficient (Wildman–Crippen LogP) is 16.9. The maximum Gasteiger partial charge on any atom is 0.417 e. The van der Waals surface area contributed by atoms with Gasteiger partial charge in [0.25, 0.3) is 34.4 Å². The second-order valence-electron chi connectivity index (χ2n) is 36.3. The van der Waals surface area contributed by atoms with E-state index in [1.54, 1.807) is 14.1 Å². The molecule has 2 fully saturated rings. The van der Waals surface area contributed by atoms with E-state index in [4.69, 9.17) is 23.7 Å². The van der Waals surface area contributed by atoms with Gasteiger partial charge in [-0.15, -0.1) is 0 Å². The Kier molecular flexibility index (Phi) is 36.0. The number of morpholine rings is 2. The van der Waals surface area contributed by atoms with Gasteiger partial charge in [0.15, 0.2) is 0 Å². The first kappa shape index (κ1) is 117. The van der Waals surface area contributed by atoms with E-state index in [-0.39, 0.29) is 113 Å². The van der Waals surface area contributed by atoms with Crippen molar-refractivity contribution < 1.29 is 158 Å². The van der Waals surface area contributed by atoms with Crippen LogP contribution < -0.4 is 47.7 Å². The number of esters is 3. The number of pyridine rings is 3. The van der Waals surface area contributed by atoms with Gasteiger partial charge >= 0.3 is 55.0 Å². The first-order valence-electron chi connectivity index (χ1n) is 46.0. The molecule has 1 aliphatic carbocycles. The minimum atomic E-state index is -4.85. The quantitative estimate of drug-likeness (QED) is 0.0263. The van der Waals surface area contributed by atoms with Gasteiger partial charge < -0.3 is 78.3 Å². The molecule has 6 atom stereocenters. The van der Waals surface area contributed by atoms with E-state index in [9.17, 15) is 131 Å². The van der Waals surface area contributed by atoms with E-state index < -0.39 is 247 Å². The Labute approximate surface area is 841 Å². The lowest BCUT2D eigenvalue weighted by Crippen LogP contribution is -2.53. The Morgan fingerprint density at radius 2 is 0.687 bits per heavy atom. The molecule has 3 aromatic heterocycles. The van der Waals surface area contributed by atoms with Crippen LogP contribution in [0.4, 0.5) is 122 Å². The number of carbonyl (C=O) groups is 6. The first-order valence-corrected chi connectivity index (χ1v) is 46.0. The van der Waals surface area contributed by atoms with Gasteiger partial charge in [-0.3, -0.25) is 28.8 Å². The molecule has 5 aliphatic rings. The summed E-state index contributed by atoms with van der Waals surface area (Å²) in [6.45, 7) is 4.19. The van der Waals surface area contributed by atoms with Crippen molar-refractivity contribution in [3.8, 4) is 33.4 Å². The molecule has 2 saturated heterocycles. The van der Waals surface area contributed by atoms with Crippen molar-refractivity contribution in [1.82, 2.24) is 39.5 Å². The lowest BCUT2D eigenvalue weighted by molar-refractivity contribution is -0.167. The van der Waals surface area contributed by atoms with Gasteiger partial charge in [0.05, 0.1) is 81.1 Å². The molecular formula is C101H103F24N11O14. The number of anilines is 3. The number of ether oxygens (including phenoxy) is 5. The molecule has 0 spiro atoms. The van der Waals surface area contributed by atoms with E-state index in [1.165, 1.54) is 85.2 Å². The molecule has 0 bridgehead atoms. The molecule has 814 valence electrons. The van der Waals surface area contributed by atoms with Crippen LogP contribution in [-0.2, 0) is 136 Å². The molecule has 49 heteroatoms. The van der Waals surface area contributed by atoms with Crippen LogP contribution >= 0.6 is 0 Å². The number of halogens is 24. The molecule has 14 rings (SSSR count). The first-order chi connectivity index (χ1) is 69.5. The smallest absolute Gasteiger partial charge is 0.417 e. The lowest BCUT2D eigenvalue weighted by atomic mass is 9.85. The minimum absolute atomic E-state index is 0. The number of benzene rings is 6. The molecule has 6 aromatic carbocycles. The summed E-state index contributed by atoms with van der Waals surface area (Å²) in [5, 5.41) is 8.67. The van der Waals surface area contributed by atoms with Crippen LogP contribution in [0.1, 0.15) is 142 Å². The molecule has 7 heterocycles. The fourth-order valence-corrected chi connectivity index (χ4v) is 18.8. The zero-order valence-electron chi connectivity index (χ0n) is 81.5. The number of carbonyl (C=O) groups excluding carboxylic acids is 6. The second kappa shape index (κ2) is 46.2. The highest BCUT2D eigenvalue weighted by molar-refractivity contribution is 6.00. The maximum absolute atomic E-state index is 15.3. The number of aromatic nitrogens is 3. The summed E-state index contributed by atoms with van der Waals surface area (Å²) in [4.78, 5) is 123. The highest BCUT2D eigenvalue weighted by Gasteiger charge is 2.50. The van der Waals surface area contributed by atoms with Crippen molar-refractivity contribution in [1.29, 1.82) is 0 Å². The normalized spacial score (nSPS) is 16.5. The molecule has 0 radical (unpaired) electrons. The van der Waals surface area contributed by atoms with E-state index in [2.05, 4.69) is 16.0 Å². The number of aryl methyl sites for hydroxylation is 3. The zero-order chi connectivity index (χ0) is 110. The van der Waals surface area contributed by atoms with Gasteiger partial charge in [-0.05, 0) is 195 Å². The molecule has 0 saturated carbocycles. The highest BCUT2D eigenvalue weighted by atomic mass is 19.4. The summed E-state index contributed by atoms with van der Waals surface area (Å²) < 4.78 is 367. The number of alkyl halides is 18. The van der Waals surface area contributed by atoms with Crippen LogP contribution in [-0.4, -0.2) is 202 Å². The van der Waals surface area contributed by atoms with Crippen LogP contribution in [0.3, 0.4) is 0 Å². The third kappa shape index (κ3) is 25.4. The summed E-state index contributed by atoms with van der Waals surface area (Å²) >= 11 is 0. The summed E-state index contributed by atoms with van der Waals surface area (Å²) in [5.74, 6) is -16.2. The largest absolute Gasteiger partial charge is 0.467 e. The van der Waals surface area contributed by atoms with E-state index in [0.717, 1.165) is 63.0 Å². The van der Waals surface area contributed by atoms with Gasteiger partial charge in [-0.1, -0.05) is 50.7 Å². The van der Waals surface area contributed by atoms with Crippen LogP contribution in [0.5, 0.6) is 0 Å². The third-order valence-corrected chi connectivity index (χ3v) is 26.8. The van der Waals surface area contributed by atoms with Crippen molar-refractivity contribution in [3.63, 3.8) is 0 Å². The third-order valence-electron chi connectivity index (χ3n) is 26.8. The molecule has 3 amide bonds. The molecule has 4 aliphatic heterocycles. The second-order valence-corrected chi connectivity index (χ2v) is 36.3. The van der Waals surface area contributed by atoms with Gasteiger partial charge in [0, 0.05) is 114 Å². The Bertz CT molecular complexity index is 6780. The van der Waals surface area contributed by atoms with Crippen LogP contribution in [0.25, 0.3) is 33.4 Å². The highest BCUT2D eigenvalue weighted by Crippen LogP contribution is 2.46. The Hall–Kier alpha value is -13.5. The Balaban J connectivity index is 0.000000213. The zero-order valence-corrected chi connectivity index (χ0v) is 81.5. The average Bonchev–Trinajstić information content (AvgIpc) is 1.03. The number of nitrogens with one attached hydrogen (secondary N) is 4. The summed E-state index contributed by atoms with van der Waals surface area (Å²) in [5.41, 5.74) is -7.79.